The van der Waals surface area contributed by atoms with E-state index in [4.69, 9.17) is 0 Å². The molecule has 5 rings (SSSR count). The van der Waals surface area contributed by atoms with Crippen LogP contribution in [0.2, 0.25) is 0 Å². The third-order valence-electron chi connectivity index (χ3n) is 7.87. The number of carbonyl (C=O) groups is 3. The number of nitrogens with zero attached hydrogens (tertiary/aromatic N) is 3. The Morgan fingerprint density at radius 2 is 1.71 bits per heavy atom. The molecular weight excluding hydrogens is 518 g/mol. The lowest BCUT2D eigenvalue weighted by Gasteiger charge is -2.38. The van der Waals surface area contributed by atoms with Crippen molar-refractivity contribution in [3.63, 3.8) is 0 Å². The fourth-order valence-electron chi connectivity index (χ4n) is 5.35. The van der Waals surface area contributed by atoms with Crippen molar-refractivity contribution < 1.29 is 14.4 Å². The maximum atomic E-state index is 13.5. The lowest BCUT2D eigenvalue weighted by molar-refractivity contribution is -0.111. The molecule has 1 fully saturated rings. The second kappa shape index (κ2) is 11.5. The largest absolute Gasteiger partial charge is 0.338 e. The predicted octanol–water partition coefficient (Wildman–Crippen LogP) is 5.82. The van der Waals surface area contributed by atoms with Crippen LogP contribution in [0.4, 0.5) is 27.7 Å². The van der Waals surface area contributed by atoms with Crippen LogP contribution in [0.25, 0.3) is 0 Å². The zero-order chi connectivity index (χ0) is 29.1. The lowest BCUT2D eigenvalue weighted by Crippen LogP contribution is -2.50. The molecule has 0 aliphatic carbocycles. The zero-order valence-corrected chi connectivity index (χ0v) is 24.0. The molecule has 2 aliphatic heterocycles. The van der Waals surface area contributed by atoms with Crippen molar-refractivity contribution >= 4 is 40.7 Å². The van der Waals surface area contributed by atoms with Crippen LogP contribution in [0.1, 0.15) is 62.2 Å². The van der Waals surface area contributed by atoms with Gasteiger partial charge in [-0.2, -0.15) is 5.10 Å². The van der Waals surface area contributed by atoms with Gasteiger partial charge in [-0.25, -0.2) is 4.79 Å². The van der Waals surface area contributed by atoms with Crippen molar-refractivity contribution in [3.8, 4) is 0 Å². The van der Waals surface area contributed by atoms with Gasteiger partial charge in [0, 0.05) is 41.3 Å². The fraction of sp³-hybridized carbons (Fsp3) is 0.355. The van der Waals surface area contributed by atoms with Crippen LogP contribution < -0.4 is 16.0 Å². The molecule has 1 saturated heterocycles. The van der Waals surface area contributed by atoms with Gasteiger partial charge in [-0.1, -0.05) is 19.1 Å². The van der Waals surface area contributed by atoms with Crippen LogP contribution in [0.5, 0.6) is 0 Å². The van der Waals surface area contributed by atoms with Crippen LogP contribution in [-0.4, -0.2) is 50.9 Å². The van der Waals surface area contributed by atoms with Crippen molar-refractivity contribution in [2.45, 2.75) is 52.6 Å². The van der Waals surface area contributed by atoms with Gasteiger partial charge in [0.1, 0.15) is 0 Å². The van der Waals surface area contributed by atoms with Crippen LogP contribution in [0, 0.1) is 5.92 Å². The summed E-state index contributed by atoms with van der Waals surface area (Å²) in [4.78, 5) is 41.9. The molecule has 10 nitrogen and oxygen atoms in total. The number of nitrogens with one attached hydrogen (secondary N) is 4. The topological polar surface area (TPSA) is 122 Å². The summed E-state index contributed by atoms with van der Waals surface area (Å²) >= 11 is 0. The minimum absolute atomic E-state index is 0.0652. The number of benzene rings is 2. The molecule has 41 heavy (non-hydrogen) atoms. The van der Waals surface area contributed by atoms with E-state index in [0.717, 1.165) is 42.9 Å². The normalized spacial score (nSPS) is 16.5. The van der Waals surface area contributed by atoms with Gasteiger partial charge in [-0.15, -0.1) is 0 Å². The molecule has 0 spiro atoms. The smallest absolute Gasteiger partial charge is 0.321 e. The second-order valence-electron chi connectivity index (χ2n) is 11.2. The number of aromatic amines is 1. The summed E-state index contributed by atoms with van der Waals surface area (Å²) in [6.07, 6.45) is 5.16. The van der Waals surface area contributed by atoms with Crippen molar-refractivity contribution in [1.82, 2.24) is 20.0 Å². The Morgan fingerprint density at radius 3 is 2.41 bits per heavy atom. The number of piperidine rings is 1. The number of hydrogen-bond donors (Lipinski definition) is 4. The number of rotatable bonds is 6. The van der Waals surface area contributed by atoms with E-state index in [0.29, 0.717) is 35.2 Å². The van der Waals surface area contributed by atoms with E-state index in [1.54, 1.807) is 37.3 Å². The van der Waals surface area contributed by atoms with E-state index in [2.05, 4.69) is 33.1 Å². The summed E-state index contributed by atoms with van der Waals surface area (Å²) in [5, 5.41) is 16.7. The van der Waals surface area contributed by atoms with Crippen molar-refractivity contribution in [1.29, 1.82) is 0 Å². The molecule has 3 aromatic rings. The Bertz CT molecular complexity index is 1470. The number of H-pyrrole nitrogens is 1. The number of amides is 4. The highest BCUT2D eigenvalue weighted by atomic mass is 16.2. The Labute approximate surface area is 240 Å². The molecule has 2 aromatic carbocycles. The number of fused-ring (bicyclic) bond motifs is 1. The monoisotopic (exact) mass is 555 g/mol. The molecule has 4 amide bonds. The molecule has 0 radical (unpaired) electrons. The summed E-state index contributed by atoms with van der Waals surface area (Å²) in [5.74, 6) is 0.824. The Balaban J connectivity index is 1.24. The molecule has 0 unspecified atom stereocenters. The molecule has 2 aliphatic rings. The summed E-state index contributed by atoms with van der Waals surface area (Å²) < 4.78 is 0. The lowest BCUT2D eigenvalue weighted by atomic mass is 9.99. The van der Waals surface area contributed by atoms with E-state index >= 15 is 0 Å². The first-order valence-corrected chi connectivity index (χ1v) is 14.0. The quantitative estimate of drug-likeness (QED) is 0.285. The second-order valence-corrected chi connectivity index (χ2v) is 11.2. The molecule has 0 atom stereocenters. The number of allylic oxidation sites excluding steroid dienone is 1. The molecule has 0 saturated carbocycles. The van der Waals surface area contributed by atoms with E-state index < -0.39 is 5.54 Å². The highest BCUT2D eigenvalue weighted by Gasteiger charge is 2.45. The van der Waals surface area contributed by atoms with Crippen LogP contribution in [0.3, 0.4) is 0 Å². The maximum absolute atomic E-state index is 13.5. The minimum atomic E-state index is -0.511. The van der Waals surface area contributed by atoms with E-state index in [1.165, 1.54) is 6.08 Å². The molecule has 1 aromatic heterocycles. The predicted molar refractivity (Wildman–Crippen MR) is 160 cm³/mol. The third kappa shape index (κ3) is 5.96. The molecule has 4 N–H and O–H groups in total. The van der Waals surface area contributed by atoms with Crippen molar-refractivity contribution in [2.75, 3.05) is 29.0 Å². The first-order chi connectivity index (χ1) is 19.7. The molecule has 3 heterocycles. The van der Waals surface area contributed by atoms with Crippen molar-refractivity contribution in [3.05, 3.63) is 77.5 Å². The van der Waals surface area contributed by atoms with Crippen molar-refractivity contribution in [2.24, 2.45) is 5.92 Å². The van der Waals surface area contributed by atoms with E-state index in [9.17, 15) is 14.4 Å². The van der Waals surface area contributed by atoms with Crippen LogP contribution in [-0.2, 0) is 16.9 Å². The third-order valence-corrected chi connectivity index (χ3v) is 7.87. The first kappa shape index (κ1) is 27.9. The van der Waals surface area contributed by atoms with Gasteiger partial charge >= 0.3 is 6.03 Å². The molecule has 10 heteroatoms. The number of likely N-dealkylation sites (tertiary alicyclic amines) is 1. The Hall–Kier alpha value is -4.60. The number of carbonyl (C=O) groups excluding carboxylic acids is 3. The highest BCUT2D eigenvalue weighted by molar-refractivity contribution is 6.05. The summed E-state index contributed by atoms with van der Waals surface area (Å²) in [6.45, 7) is 10.1. The summed E-state index contributed by atoms with van der Waals surface area (Å²) in [6, 6.07) is 14.2. The van der Waals surface area contributed by atoms with Gasteiger partial charge in [0.2, 0.25) is 5.91 Å². The van der Waals surface area contributed by atoms with Gasteiger partial charge in [-0.3, -0.25) is 14.7 Å². The van der Waals surface area contributed by atoms with Gasteiger partial charge < -0.3 is 25.8 Å². The van der Waals surface area contributed by atoms with Gasteiger partial charge in [0.15, 0.2) is 5.82 Å². The standard InChI is InChI=1S/C31H37N7O3/c1-5-7-26(39)32-22-12-10-21(11-13-22)29(40)34-24-9-6-8-23(18-24)33-28-25-19-38(31(3,4)27(25)35-36-28)30(41)37-16-14-20(2)15-17-37/h5-13,18,20H,14-17,19H2,1-4H3,(H,32,39)(H,34,40)(H2,33,35,36)/b7-5+. The Morgan fingerprint density at radius 1 is 1.00 bits per heavy atom. The Kier molecular flexibility index (Phi) is 7.83. The van der Waals surface area contributed by atoms with E-state index in [1.807, 2.05) is 47.9 Å². The van der Waals surface area contributed by atoms with E-state index in [-0.39, 0.29) is 17.8 Å². The van der Waals surface area contributed by atoms with Gasteiger partial charge in [0.25, 0.3) is 5.91 Å². The minimum Gasteiger partial charge on any atom is -0.338 e. The SMILES string of the molecule is C/C=C/C(=O)Nc1ccc(C(=O)Nc2cccc(Nc3n[nH]c4c3CN(C(=O)N3CCC(C)CC3)C4(C)C)c2)cc1. The average molecular weight is 556 g/mol. The molecule has 0 bridgehead atoms. The summed E-state index contributed by atoms with van der Waals surface area (Å²) in [5.41, 5.74) is 3.83. The van der Waals surface area contributed by atoms with Crippen LogP contribution >= 0.6 is 0 Å². The highest BCUT2D eigenvalue weighted by Crippen LogP contribution is 2.42. The van der Waals surface area contributed by atoms with Crippen LogP contribution in [0.15, 0.2) is 60.7 Å². The number of aromatic nitrogens is 2. The zero-order valence-electron chi connectivity index (χ0n) is 24.0. The van der Waals surface area contributed by atoms with Gasteiger partial charge in [-0.05, 0) is 88.1 Å². The maximum Gasteiger partial charge on any atom is 0.321 e. The van der Waals surface area contributed by atoms with Gasteiger partial charge in [0.05, 0.1) is 17.8 Å². The fourth-order valence-corrected chi connectivity index (χ4v) is 5.35. The number of anilines is 4. The summed E-state index contributed by atoms with van der Waals surface area (Å²) in [7, 11) is 0. The first-order valence-electron chi connectivity index (χ1n) is 14.0. The molecule has 214 valence electrons. The number of urea groups is 1. The molecular formula is C31H37N7O3. The number of hydrogen-bond acceptors (Lipinski definition) is 5. The average Bonchev–Trinajstić information content (AvgIpc) is 3.47.